The molecule has 0 spiro atoms. The van der Waals surface area contributed by atoms with Crippen LogP contribution in [-0.2, 0) is 6.54 Å². The number of aromatic nitrogens is 1. The molecule has 1 unspecified atom stereocenters. The van der Waals surface area contributed by atoms with Crippen LogP contribution in [0.15, 0.2) is 28.8 Å². The molecule has 0 amide bonds. The Morgan fingerprint density at radius 2 is 2.30 bits per heavy atom. The van der Waals surface area contributed by atoms with E-state index in [1.807, 2.05) is 26.0 Å². The van der Waals surface area contributed by atoms with E-state index in [9.17, 15) is 0 Å². The Balaban J connectivity index is 2.02. The summed E-state index contributed by atoms with van der Waals surface area (Å²) in [4.78, 5) is 4.19. The maximum Gasteiger partial charge on any atom is 0.211 e. The fourth-order valence-corrected chi connectivity index (χ4v) is 1.88. The molecule has 0 bridgehead atoms. The SMILES string of the molecule is COc1ccc(CNC(C)c2ncc(C)o2)cc1C#N. The van der Waals surface area contributed by atoms with Crippen molar-refractivity contribution in [2.24, 2.45) is 0 Å². The molecule has 0 aliphatic carbocycles. The van der Waals surface area contributed by atoms with Gasteiger partial charge < -0.3 is 14.5 Å². The van der Waals surface area contributed by atoms with Gasteiger partial charge in [-0.2, -0.15) is 5.26 Å². The van der Waals surface area contributed by atoms with E-state index in [-0.39, 0.29) is 6.04 Å². The second-order valence-electron chi connectivity index (χ2n) is 4.56. The minimum atomic E-state index is 0.0105. The Labute approximate surface area is 118 Å². The van der Waals surface area contributed by atoms with Crippen molar-refractivity contribution in [1.29, 1.82) is 5.26 Å². The van der Waals surface area contributed by atoms with Crippen LogP contribution in [0.3, 0.4) is 0 Å². The van der Waals surface area contributed by atoms with E-state index in [0.717, 1.165) is 11.3 Å². The van der Waals surface area contributed by atoms with E-state index in [1.165, 1.54) is 0 Å². The summed E-state index contributed by atoms with van der Waals surface area (Å²) in [5.41, 5.74) is 1.55. The van der Waals surface area contributed by atoms with Crippen LogP contribution in [0.2, 0.25) is 0 Å². The highest BCUT2D eigenvalue weighted by atomic mass is 16.5. The third kappa shape index (κ3) is 3.16. The molecule has 20 heavy (non-hydrogen) atoms. The molecule has 5 nitrogen and oxygen atoms in total. The zero-order valence-electron chi connectivity index (χ0n) is 11.8. The van der Waals surface area contributed by atoms with Crippen molar-refractivity contribution in [2.75, 3.05) is 7.11 Å². The summed E-state index contributed by atoms with van der Waals surface area (Å²) in [6.07, 6.45) is 1.70. The number of aryl methyl sites for hydroxylation is 1. The standard InChI is InChI=1S/C15H17N3O2/c1-10-8-18-15(20-10)11(2)17-9-12-4-5-14(19-3)13(6-12)7-16/h4-6,8,11,17H,9H2,1-3H3. The lowest BCUT2D eigenvalue weighted by Gasteiger charge is -2.11. The van der Waals surface area contributed by atoms with Crippen LogP contribution in [0.1, 0.15) is 35.7 Å². The number of ether oxygens (including phenoxy) is 1. The molecule has 0 saturated carbocycles. The largest absolute Gasteiger partial charge is 0.495 e. The molecule has 2 rings (SSSR count). The van der Waals surface area contributed by atoms with E-state index in [0.29, 0.717) is 23.7 Å². The Kier molecular flexibility index (Phi) is 4.38. The summed E-state index contributed by atoms with van der Waals surface area (Å²) >= 11 is 0. The monoisotopic (exact) mass is 271 g/mol. The fraction of sp³-hybridized carbons (Fsp3) is 0.333. The lowest BCUT2D eigenvalue weighted by atomic mass is 10.1. The summed E-state index contributed by atoms with van der Waals surface area (Å²) in [6, 6.07) is 7.69. The van der Waals surface area contributed by atoms with Crippen LogP contribution < -0.4 is 10.1 Å². The van der Waals surface area contributed by atoms with Gasteiger partial charge in [0.05, 0.1) is 24.9 Å². The van der Waals surface area contributed by atoms with E-state index >= 15 is 0 Å². The summed E-state index contributed by atoms with van der Waals surface area (Å²) in [6.45, 7) is 4.48. The Hall–Kier alpha value is -2.32. The zero-order valence-corrected chi connectivity index (χ0v) is 11.8. The summed E-state index contributed by atoms with van der Waals surface area (Å²) < 4.78 is 10.6. The van der Waals surface area contributed by atoms with Crippen LogP contribution >= 0.6 is 0 Å². The number of hydrogen-bond acceptors (Lipinski definition) is 5. The van der Waals surface area contributed by atoms with Crippen molar-refractivity contribution in [3.8, 4) is 11.8 Å². The first kappa shape index (κ1) is 14.1. The molecule has 2 aromatic rings. The van der Waals surface area contributed by atoms with Crippen LogP contribution in [0.4, 0.5) is 0 Å². The first-order chi connectivity index (χ1) is 9.63. The Morgan fingerprint density at radius 3 is 2.90 bits per heavy atom. The van der Waals surface area contributed by atoms with Crippen molar-refractivity contribution < 1.29 is 9.15 Å². The van der Waals surface area contributed by atoms with Gasteiger partial charge in [-0.3, -0.25) is 0 Å². The molecule has 104 valence electrons. The molecule has 0 radical (unpaired) electrons. The highest BCUT2D eigenvalue weighted by molar-refractivity contribution is 5.45. The van der Waals surface area contributed by atoms with Gasteiger partial charge in [0.25, 0.3) is 0 Å². The van der Waals surface area contributed by atoms with Crippen LogP contribution in [-0.4, -0.2) is 12.1 Å². The van der Waals surface area contributed by atoms with Crippen LogP contribution in [0, 0.1) is 18.3 Å². The number of nitrogens with zero attached hydrogens (tertiary/aromatic N) is 2. The molecule has 1 aromatic carbocycles. The first-order valence-electron chi connectivity index (χ1n) is 6.36. The third-order valence-electron chi connectivity index (χ3n) is 3.01. The van der Waals surface area contributed by atoms with Crippen LogP contribution in [0.25, 0.3) is 0 Å². The number of benzene rings is 1. The van der Waals surface area contributed by atoms with Gasteiger partial charge in [-0.15, -0.1) is 0 Å². The van der Waals surface area contributed by atoms with Gasteiger partial charge in [-0.1, -0.05) is 6.07 Å². The van der Waals surface area contributed by atoms with Gasteiger partial charge in [0.2, 0.25) is 5.89 Å². The third-order valence-corrected chi connectivity index (χ3v) is 3.01. The van der Waals surface area contributed by atoms with Crippen molar-refractivity contribution in [3.05, 3.63) is 47.2 Å². The fourth-order valence-electron chi connectivity index (χ4n) is 1.88. The lowest BCUT2D eigenvalue weighted by molar-refractivity contribution is 0.401. The normalized spacial score (nSPS) is 11.9. The van der Waals surface area contributed by atoms with Crippen molar-refractivity contribution >= 4 is 0 Å². The number of oxazole rings is 1. The van der Waals surface area contributed by atoms with Crippen molar-refractivity contribution in [3.63, 3.8) is 0 Å². The predicted octanol–water partition coefficient (Wildman–Crippen LogP) is 2.71. The Morgan fingerprint density at radius 1 is 1.50 bits per heavy atom. The summed E-state index contributed by atoms with van der Waals surface area (Å²) in [5, 5.41) is 12.4. The molecular weight excluding hydrogens is 254 g/mol. The average Bonchev–Trinajstić information content (AvgIpc) is 2.91. The lowest BCUT2D eigenvalue weighted by Crippen LogP contribution is -2.18. The predicted molar refractivity (Wildman–Crippen MR) is 74.2 cm³/mol. The molecule has 1 N–H and O–H groups in total. The topological polar surface area (TPSA) is 71.1 Å². The number of methoxy groups -OCH3 is 1. The summed E-state index contributed by atoms with van der Waals surface area (Å²) in [7, 11) is 1.56. The maximum absolute atomic E-state index is 9.06. The van der Waals surface area contributed by atoms with Gasteiger partial charge in [0, 0.05) is 6.54 Å². The van der Waals surface area contributed by atoms with Gasteiger partial charge in [0.1, 0.15) is 17.6 Å². The van der Waals surface area contributed by atoms with Gasteiger partial charge >= 0.3 is 0 Å². The molecule has 0 fully saturated rings. The second-order valence-corrected chi connectivity index (χ2v) is 4.56. The quantitative estimate of drug-likeness (QED) is 0.905. The van der Waals surface area contributed by atoms with Crippen LogP contribution in [0.5, 0.6) is 5.75 Å². The minimum absolute atomic E-state index is 0.0105. The molecule has 1 aromatic heterocycles. The average molecular weight is 271 g/mol. The number of rotatable bonds is 5. The van der Waals surface area contributed by atoms with E-state index in [2.05, 4.69) is 16.4 Å². The van der Waals surface area contributed by atoms with Gasteiger partial charge in [0.15, 0.2) is 0 Å². The smallest absolute Gasteiger partial charge is 0.211 e. The number of nitriles is 1. The van der Waals surface area contributed by atoms with E-state index in [1.54, 1.807) is 19.4 Å². The molecule has 1 heterocycles. The molecular formula is C15H17N3O2. The zero-order chi connectivity index (χ0) is 14.5. The minimum Gasteiger partial charge on any atom is -0.495 e. The molecule has 1 atom stereocenters. The highest BCUT2D eigenvalue weighted by Crippen LogP contribution is 2.19. The second kappa shape index (κ2) is 6.22. The summed E-state index contributed by atoms with van der Waals surface area (Å²) in [5.74, 6) is 2.05. The number of hydrogen-bond donors (Lipinski definition) is 1. The Bertz CT molecular complexity index is 628. The maximum atomic E-state index is 9.06. The molecule has 5 heteroatoms. The van der Waals surface area contributed by atoms with Gasteiger partial charge in [-0.25, -0.2) is 4.98 Å². The molecule has 0 aliphatic heterocycles. The first-order valence-corrected chi connectivity index (χ1v) is 6.36. The van der Waals surface area contributed by atoms with Gasteiger partial charge in [-0.05, 0) is 31.5 Å². The molecule has 0 saturated heterocycles. The molecule has 0 aliphatic rings. The van der Waals surface area contributed by atoms with Crippen molar-refractivity contribution in [1.82, 2.24) is 10.3 Å². The highest BCUT2D eigenvalue weighted by Gasteiger charge is 2.11. The number of nitrogens with one attached hydrogen (secondary N) is 1. The van der Waals surface area contributed by atoms with E-state index in [4.69, 9.17) is 14.4 Å². The van der Waals surface area contributed by atoms with Crippen molar-refractivity contribution in [2.45, 2.75) is 26.4 Å². The van der Waals surface area contributed by atoms with E-state index < -0.39 is 0 Å².